The summed E-state index contributed by atoms with van der Waals surface area (Å²) in [6.45, 7) is 9.15. The first-order valence-corrected chi connectivity index (χ1v) is 7.56. The molecule has 22 heavy (non-hydrogen) atoms. The lowest BCUT2D eigenvalue weighted by Crippen LogP contribution is -2.59. The van der Waals surface area contributed by atoms with Crippen LogP contribution in [0, 0.1) is 5.92 Å². The zero-order valence-corrected chi connectivity index (χ0v) is 13.3. The van der Waals surface area contributed by atoms with Crippen molar-refractivity contribution in [1.82, 2.24) is 5.06 Å². The number of aliphatic carboxylic acids is 1. The smallest absolute Gasteiger partial charge is 0.326 e. The van der Waals surface area contributed by atoms with Gasteiger partial charge in [-0.3, -0.25) is 9.59 Å². The molecule has 0 aromatic carbocycles. The van der Waals surface area contributed by atoms with E-state index in [9.17, 15) is 19.9 Å². The molecule has 4 N–H and O–H groups in total. The molecule has 126 valence electrons. The van der Waals surface area contributed by atoms with Crippen LogP contribution in [0.1, 0.15) is 45.4 Å². The third kappa shape index (κ3) is 5.27. The van der Waals surface area contributed by atoms with E-state index in [0.717, 1.165) is 17.9 Å². The van der Waals surface area contributed by atoms with Crippen LogP contribution in [0.5, 0.6) is 0 Å². The van der Waals surface area contributed by atoms with Crippen LogP contribution < -0.4 is 5.73 Å². The summed E-state index contributed by atoms with van der Waals surface area (Å²) in [6.07, 6.45) is 5.74. The molecule has 0 aromatic rings. The van der Waals surface area contributed by atoms with Gasteiger partial charge < -0.3 is 16.0 Å². The Labute approximate surface area is 132 Å². The Balaban J connectivity index is 5.71. The van der Waals surface area contributed by atoms with Crippen molar-refractivity contribution in [1.29, 1.82) is 0 Å². The van der Waals surface area contributed by atoms with E-state index in [1.54, 1.807) is 6.08 Å². The van der Waals surface area contributed by atoms with E-state index in [-0.39, 0.29) is 25.8 Å². The molecule has 0 bridgehead atoms. The second kappa shape index (κ2) is 10.1. The van der Waals surface area contributed by atoms with Crippen LogP contribution in [-0.2, 0) is 9.59 Å². The van der Waals surface area contributed by atoms with Crippen LogP contribution in [0.15, 0.2) is 25.3 Å². The maximum Gasteiger partial charge on any atom is 0.326 e. The number of hydroxylamine groups is 2. The number of carboxylic acids is 1. The van der Waals surface area contributed by atoms with Crippen LogP contribution in [0.3, 0.4) is 0 Å². The third-order valence-electron chi connectivity index (χ3n) is 3.87. The average Bonchev–Trinajstić information content (AvgIpc) is 2.42. The molecule has 0 aliphatic rings. The zero-order chi connectivity index (χ0) is 17.2. The average molecular weight is 312 g/mol. The van der Waals surface area contributed by atoms with Crippen molar-refractivity contribution in [3.63, 3.8) is 0 Å². The first kappa shape index (κ1) is 20.3. The maximum atomic E-state index is 12.0. The summed E-state index contributed by atoms with van der Waals surface area (Å²) < 4.78 is 0. The van der Waals surface area contributed by atoms with Gasteiger partial charge in [0, 0.05) is 18.9 Å². The molecule has 0 rings (SSSR count). The van der Waals surface area contributed by atoms with Gasteiger partial charge in [0.2, 0.25) is 5.91 Å². The van der Waals surface area contributed by atoms with Crippen molar-refractivity contribution < 1.29 is 19.9 Å². The first-order valence-electron chi connectivity index (χ1n) is 7.56. The summed E-state index contributed by atoms with van der Waals surface area (Å²) in [4.78, 5) is 23.3. The predicted molar refractivity (Wildman–Crippen MR) is 85.3 cm³/mol. The number of hydrogen-bond donors (Lipinski definition) is 3. The molecule has 0 aromatic heterocycles. The quantitative estimate of drug-likeness (QED) is 0.275. The van der Waals surface area contributed by atoms with Crippen molar-refractivity contribution >= 4 is 11.9 Å². The monoisotopic (exact) mass is 312 g/mol. The number of carboxylic acid groups (broad SMARTS) is 1. The third-order valence-corrected chi connectivity index (χ3v) is 3.87. The summed E-state index contributed by atoms with van der Waals surface area (Å²) >= 11 is 0. The molecule has 0 radical (unpaired) electrons. The largest absolute Gasteiger partial charge is 0.480 e. The summed E-state index contributed by atoms with van der Waals surface area (Å²) in [5, 5.41) is 20.9. The summed E-state index contributed by atoms with van der Waals surface area (Å²) in [6, 6.07) is 0. The predicted octanol–water partition coefficient (Wildman–Crippen LogP) is 2.33. The van der Waals surface area contributed by atoms with Crippen LogP contribution in [0.4, 0.5) is 0 Å². The Morgan fingerprint density at radius 2 is 1.95 bits per heavy atom. The van der Waals surface area contributed by atoms with Gasteiger partial charge in [-0.15, -0.1) is 13.2 Å². The number of hydrogen-bond acceptors (Lipinski definition) is 4. The summed E-state index contributed by atoms with van der Waals surface area (Å²) in [5.41, 5.74) is 3.69. The molecular weight excluding hydrogens is 284 g/mol. The summed E-state index contributed by atoms with van der Waals surface area (Å²) in [7, 11) is 0. The number of allylic oxidation sites excluding steroid dienone is 1. The number of carbonyl (C=O) groups excluding carboxylic acids is 1. The number of amides is 1. The van der Waals surface area contributed by atoms with Gasteiger partial charge in [0.1, 0.15) is 5.54 Å². The summed E-state index contributed by atoms with van der Waals surface area (Å²) in [5.74, 6) is -2.41. The molecule has 0 heterocycles. The van der Waals surface area contributed by atoms with Crippen molar-refractivity contribution in [2.45, 2.75) is 51.0 Å². The highest BCUT2D eigenvalue weighted by Crippen LogP contribution is 2.35. The Hall–Kier alpha value is -1.66. The highest BCUT2D eigenvalue weighted by atomic mass is 16.5. The van der Waals surface area contributed by atoms with Gasteiger partial charge in [0.15, 0.2) is 0 Å². The van der Waals surface area contributed by atoms with Gasteiger partial charge in [-0.2, -0.15) is 5.06 Å². The molecule has 2 atom stereocenters. The van der Waals surface area contributed by atoms with Crippen molar-refractivity contribution in [3.8, 4) is 0 Å². The van der Waals surface area contributed by atoms with E-state index < -0.39 is 23.3 Å². The molecule has 0 saturated carbocycles. The van der Waals surface area contributed by atoms with Crippen molar-refractivity contribution in [2.75, 3.05) is 6.54 Å². The van der Waals surface area contributed by atoms with Gasteiger partial charge in [-0.25, -0.2) is 0 Å². The molecule has 1 amide bonds. The minimum absolute atomic E-state index is 0.00910. The molecule has 0 aliphatic heterocycles. The van der Waals surface area contributed by atoms with E-state index in [1.165, 1.54) is 6.08 Å². The Morgan fingerprint density at radius 1 is 1.32 bits per heavy atom. The van der Waals surface area contributed by atoms with Gasteiger partial charge in [0.05, 0.1) is 0 Å². The number of carbonyl (C=O) groups is 2. The highest BCUT2D eigenvalue weighted by molar-refractivity contribution is 5.81. The molecule has 0 fully saturated rings. The number of nitrogens with zero attached hydrogens (tertiary/aromatic N) is 1. The maximum absolute atomic E-state index is 12.0. The fraction of sp³-hybridized carbons (Fsp3) is 0.625. The second-order valence-corrected chi connectivity index (χ2v) is 5.45. The second-order valence-electron chi connectivity index (χ2n) is 5.45. The Morgan fingerprint density at radius 3 is 2.36 bits per heavy atom. The van der Waals surface area contributed by atoms with Gasteiger partial charge >= 0.3 is 5.97 Å². The molecule has 1 unspecified atom stereocenters. The minimum Gasteiger partial charge on any atom is -0.480 e. The molecule has 6 nitrogen and oxygen atoms in total. The normalized spacial score (nSPS) is 15.0. The topological polar surface area (TPSA) is 104 Å². The lowest BCUT2D eigenvalue weighted by atomic mass is 9.75. The fourth-order valence-corrected chi connectivity index (χ4v) is 2.76. The van der Waals surface area contributed by atoms with Crippen molar-refractivity contribution in [3.05, 3.63) is 25.3 Å². The lowest BCUT2D eigenvalue weighted by Gasteiger charge is -2.41. The number of nitrogens with two attached hydrogens (primary N) is 1. The highest BCUT2D eigenvalue weighted by Gasteiger charge is 2.49. The fourth-order valence-electron chi connectivity index (χ4n) is 2.76. The molecule has 0 aliphatic carbocycles. The number of primary amides is 1. The van der Waals surface area contributed by atoms with E-state index in [0.29, 0.717) is 6.42 Å². The Kier molecular flexibility index (Phi) is 9.37. The van der Waals surface area contributed by atoms with Gasteiger partial charge in [0.25, 0.3) is 0 Å². The molecule has 0 saturated heterocycles. The van der Waals surface area contributed by atoms with E-state index in [2.05, 4.69) is 13.2 Å². The van der Waals surface area contributed by atoms with Crippen molar-refractivity contribution in [2.24, 2.45) is 11.7 Å². The van der Waals surface area contributed by atoms with E-state index in [4.69, 9.17) is 5.73 Å². The lowest BCUT2D eigenvalue weighted by molar-refractivity contribution is -0.209. The van der Waals surface area contributed by atoms with E-state index >= 15 is 0 Å². The van der Waals surface area contributed by atoms with Crippen LogP contribution in [-0.4, -0.2) is 39.3 Å². The van der Waals surface area contributed by atoms with Crippen LogP contribution in [0.25, 0.3) is 0 Å². The minimum atomic E-state index is -1.58. The molecule has 0 spiro atoms. The van der Waals surface area contributed by atoms with Crippen LogP contribution >= 0.6 is 0 Å². The van der Waals surface area contributed by atoms with Gasteiger partial charge in [-0.1, -0.05) is 38.3 Å². The van der Waals surface area contributed by atoms with E-state index in [1.807, 2.05) is 6.92 Å². The molecular formula is C16H28N2O4. The molecule has 6 heteroatoms. The Bertz CT molecular complexity index is 398. The zero-order valence-electron chi connectivity index (χ0n) is 13.3. The number of rotatable bonds is 13. The first-order chi connectivity index (χ1) is 10.4. The standard InChI is InChI=1S/C16H28N2O4/c1-4-7-8-10-16(15(20)21,18(22)11-6-3)13(9-5-2)12-14(17)19/h5-6,13,22H,2-4,7-12H2,1H3,(H2,17,19)(H,20,21)/t13?,16-/m0/s1. The number of unbranched alkanes of at least 4 members (excludes halogenated alkanes) is 2. The van der Waals surface area contributed by atoms with Crippen LogP contribution in [0.2, 0.25) is 0 Å². The SMILES string of the molecule is C=CCC(CC(N)=O)[C@@](CCCCC)(C(=O)O)N(O)CC=C. The van der Waals surface area contributed by atoms with Gasteiger partial charge in [-0.05, 0) is 12.8 Å².